The topological polar surface area (TPSA) is 107 Å². The van der Waals surface area contributed by atoms with Crippen molar-refractivity contribution in [3.05, 3.63) is 93.4 Å². The van der Waals surface area contributed by atoms with E-state index in [0.717, 1.165) is 42.7 Å². The van der Waals surface area contributed by atoms with Gasteiger partial charge in [0.1, 0.15) is 16.9 Å². The molecule has 8 unspecified atom stereocenters. The second-order valence-corrected chi connectivity index (χ2v) is 18.0. The zero-order valence-corrected chi connectivity index (χ0v) is 31.7. The monoisotopic (exact) mass is 762 g/mol. The van der Waals surface area contributed by atoms with Crippen LogP contribution in [0.4, 0.5) is 13.2 Å². The Bertz CT molecular complexity index is 2160. The van der Waals surface area contributed by atoms with Gasteiger partial charge in [0.2, 0.25) is 5.78 Å². The number of ketones is 1. The van der Waals surface area contributed by atoms with Gasteiger partial charge in [-0.05, 0) is 118 Å². The minimum Gasteiger partial charge on any atom is -0.453 e. The molecule has 0 amide bonds. The standard InChI is InChI=1S/C42H42ClF3N2O4S/c1-23-17-24(2)48-36(28(23)21-47)53-22-40(51)14-11-34-38(40,4)13-10-33-37(3)12-9-26(49)19-39(37)15-16-41(33,34)29(20-39)35(50)32-8-7-31(52-32)27-18-25(42(44,45)46)5-6-30(27)43/h5-8,15-18,20,26,33-34,49,51H,9-14,19,22H2,1-4H3. The number of halogens is 4. The highest BCUT2D eigenvalue weighted by Crippen LogP contribution is 2.78. The fraction of sp³-hybridized carbons (Fsp3) is 0.500. The maximum absolute atomic E-state index is 15.0. The predicted octanol–water partition coefficient (Wildman–Crippen LogP) is 10.1. The molecule has 53 heavy (non-hydrogen) atoms. The number of rotatable bonds is 6. The Morgan fingerprint density at radius 3 is 2.51 bits per heavy atom. The van der Waals surface area contributed by atoms with Crippen LogP contribution in [0.25, 0.3) is 11.3 Å². The number of Topliss-reactive ketones (excluding diaryl/α,β-unsaturated/α-hetero) is 1. The van der Waals surface area contributed by atoms with Crippen LogP contribution in [0.2, 0.25) is 5.02 Å². The summed E-state index contributed by atoms with van der Waals surface area (Å²) in [6.07, 6.45) is 6.02. The van der Waals surface area contributed by atoms with E-state index in [1.165, 1.54) is 30.0 Å². The highest BCUT2D eigenvalue weighted by Gasteiger charge is 2.74. The van der Waals surface area contributed by atoms with Crippen LogP contribution in [0.15, 0.2) is 69.6 Å². The van der Waals surface area contributed by atoms with Crippen molar-refractivity contribution in [1.82, 2.24) is 4.98 Å². The van der Waals surface area contributed by atoms with Crippen LogP contribution in [0, 0.1) is 58.7 Å². The molecule has 2 aromatic heterocycles. The molecule has 2 N–H and O–H groups in total. The number of pyridine rings is 1. The van der Waals surface area contributed by atoms with Crippen molar-refractivity contribution in [3.63, 3.8) is 0 Å². The van der Waals surface area contributed by atoms with E-state index in [-0.39, 0.29) is 45.1 Å². The van der Waals surface area contributed by atoms with Crippen molar-refractivity contribution < 1.29 is 32.6 Å². The maximum atomic E-state index is 15.0. The van der Waals surface area contributed by atoms with Crippen molar-refractivity contribution in [2.24, 2.45) is 33.5 Å². The highest BCUT2D eigenvalue weighted by molar-refractivity contribution is 7.99. The third kappa shape index (κ3) is 5.13. The van der Waals surface area contributed by atoms with E-state index >= 15 is 0 Å². The molecular weight excluding hydrogens is 721 g/mol. The number of nitriles is 1. The van der Waals surface area contributed by atoms with E-state index in [1.807, 2.05) is 19.9 Å². The second-order valence-electron chi connectivity index (χ2n) is 16.7. The van der Waals surface area contributed by atoms with Crippen molar-refractivity contribution >= 4 is 29.1 Å². The van der Waals surface area contributed by atoms with Gasteiger partial charge in [-0.25, -0.2) is 4.98 Å². The molecule has 0 saturated heterocycles. The third-order valence-corrected chi connectivity index (χ3v) is 15.7. The molecule has 1 aromatic carbocycles. The summed E-state index contributed by atoms with van der Waals surface area (Å²) in [6, 6.07) is 10.2. The fourth-order valence-electron chi connectivity index (χ4n) is 11.4. The molecule has 6 aliphatic rings. The summed E-state index contributed by atoms with van der Waals surface area (Å²) in [6.45, 7) is 8.24. The first-order valence-corrected chi connectivity index (χ1v) is 19.6. The Morgan fingerprint density at radius 2 is 1.77 bits per heavy atom. The normalized spacial score (nSPS) is 35.6. The van der Waals surface area contributed by atoms with Crippen LogP contribution >= 0.6 is 23.4 Å². The van der Waals surface area contributed by atoms with E-state index < -0.39 is 39.7 Å². The molecular formula is C42H42ClF3N2O4S. The minimum atomic E-state index is -4.59. The molecule has 3 saturated carbocycles. The first-order valence-electron chi connectivity index (χ1n) is 18.3. The van der Waals surface area contributed by atoms with E-state index in [1.54, 1.807) is 0 Å². The number of hydrogen-bond donors (Lipinski definition) is 2. The number of carbonyl (C=O) groups excluding carboxylic acids is 1. The molecule has 9 rings (SSSR count). The first-order chi connectivity index (χ1) is 24.9. The van der Waals surface area contributed by atoms with E-state index in [2.05, 4.69) is 43.1 Å². The van der Waals surface area contributed by atoms with Gasteiger partial charge in [0.05, 0.1) is 27.9 Å². The maximum Gasteiger partial charge on any atom is 0.416 e. The second kappa shape index (κ2) is 12.1. The Hall–Kier alpha value is -3.36. The lowest BCUT2D eigenvalue weighted by molar-refractivity contribution is -0.166. The van der Waals surface area contributed by atoms with Gasteiger partial charge >= 0.3 is 6.18 Å². The zero-order chi connectivity index (χ0) is 37.9. The number of aliphatic hydroxyl groups is 2. The van der Waals surface area contributed by atoms with E-state index in [0.29, 0.717) is 47.6 Å². The molecule has 6 aliphatic carbocycles. The summed E-state index contributed by atoms with van der Waals surface area (Å²) in [5, 5.41) is 34.3. The van der Waals surface area contributed by atoms with Gasteiger partial charge in [0.15, 0.2) is 5.76 Å². The fourth-order valence-corrected chi connectivity index (χ4v) is 13.1. The number of nitrogens with zero attached hydrogens (tertiary/aromatic N) is 2. The zero-order valence-electron chi connectivity index (χ0n) is 30.1. The Kier molecular flexibility index (Phi) is 8.34. The van der Waals surface area contributed by atoms with Crippen LogP contribution in [0.1, 0.15) is 91.7 Å². The molecule has 8 atom stereocenters. The van der Waals surface area contributed by atoms with Gasteiger partial charge < -0.3 is 14.6 Å². The smallest absolute Gasteiger partial charge is 0.416 e. The van der Waals surface area contributed by atoms with E-state index in [9.17, 15) is 33.4 Å². The molecule has 2 heterocycles. The number of aromatic nitrogens is 1. The van der Waals surface area contributed by atoms with Gasteiger partial charge in [-0.3, -0.25) is 4.79 Å². The number of alkyl halides is 3. The highest BCUT2D eigenvalue weighted by atomic mass is 35.5. The van der Waals surface area contributed by atoms with Crippen LogP contribution in [-0.4, -0.2) is 38.4 Å². The molecule has 0 aliphatic heterocycles. The summed E-state index contributed by atoms with van der Waals surface area (Å²) in [5.41, 5.74) is -1.39. The lowest BCUT2D eigenvalue weighted by Gasteiger charge is -2.71. The first kappa shape index (κ1) is 36.6. The molecule has 0 radical (unpaired) electrons. The van der Waals surface area contributed by atoms with Crippen molar-refractivity contribution in [1.29, 1.82) is 5.26 Å². The number of aliphatic hydroxyl groups excluding tert-OH is 1. The largest absolute Gasteiger partial charge is 0.453 e. The third-order valence-electron chi connectivity index (χ3n) is 14.2. The molecule has 11 heteroatoms. The Morgan fingerprint density at radius 1 is 1.06 bits per heavy atom. The molecule has 6 nitrogen and oxygen atoms in total. The van der Waals surface area contributed by atoms with Gasteiger partial charge in [-0.2, -0.15) is 18.4 Å². The van der Waals surface area contributed by atoms with Gasteiger partial charge in [-0.15, -0.1) is 11.8 Å². The van der Waals surface area contributed by atoms with Gasteiger partial charge in [-0.1, -0.05) is 43.7 Å². The lowest BCUT2D eigenvalue weighted by atomic mass is 9.32. The quantitative estimate of drug-likeness (QED) is 0.146. The van der Waals surface area contributed by atoms with Crippen molar-refractivity contribution in [2.45, 2.75) is 95.5 Å². The van der Waals surface area contributed by atoms with Crippen molar-refractivity contribution in [3.8, 4) is 17.4 Å². The predicted molar refractivity (Wildman–Crippen MR) is 196 cm³/mol. The molecule has 3 aromatic rings. The summed E-state index contributed by atoms with van der Waals surface area (Å²) in [7, 11) is 0. The summed E-state index contributed by atoms with van der Waals surface area (Å²) < 4.78 is 47.0. The molecule has 278 valence electrons. The number of benzene rings is 1. The van der Waals surface area contributed by atoms with Crippen LogP contribution in [0.3, 0.4) is 0 Å². The van der Waals surface area contributed by atoms with Gasteiger partial charge in [0, 0.05) is 38.8 Å². The minimum absolute atomic E-state index is 0.00396. The van der Waals surface area contributed by atoms with Crippen LogP contribution in [-0.2, 0) is 6.18 Å². The van der Waals surface area contributed by atoms with Crippen molar-refractivity contribution in [2.75, 3.05) is 5.75 Å². The summed E-state index contributed by atoms with van der Waals surface area (Å²) in [5.74, 6) is -0.0175. The van der Waals surface area contributed by atoms with Gasteiger partial charge in [0.25, 0.3) is 0 Å². The lowest BCUT2D eigenvalue weighted by Crippen LogP contribution is -2.67. The number of fused-ring (bicyclic) bond motifs is 1. The summed E-state index contributed by atoms with van der Waals surface area (Å²) >= 11 is 7.78. The number of furan rings is 1. The number of aryl methyl sites for hydroxylation is 2. The number of allylic oxidation sites excluding steroid dienone is 4. The van der Waals surface area contributed by atoms with Crippen LogP contribution in [0.5, 0.6) is 0 Å². The average molecular weight is 763 g/mol. The molecule has 3 fully saturated rings. The SMILES string of the molecule is Cc1cc(C)c(C#N)c(SCC2(O)CCC3C45C=CC6(C=C4C(=O)c4ccc(-c7cc(C(F)(F)F)ccc7Cl)o4)CC(O)CCC6(C)C5CCC32C)n1. The Balaban J connectivity index is 1.20. The number of hydrogen-bond acceptors (Lipinski definition) is 7. The summed E-state index contributed by atoms with van der Waals surface area (Å²) in [4.78, 5) is 19.6. The number of thioether (sulfide) groups is 1. The van der Waals surface area contributed by atoms with Crippen LogP contribution < -0.4 is 0 Å². The Labute approximate surface area is 316 Å². The molecule has 2 bridgehead atoms. The van der Waals surface area contributed by atoms with E-state index in [4.69, 9.17) is 16.0 Å². The molecule has 2 spiro atoms. The average Bonchev–Trinajstić information content (AvgIpc) is 3.69. The number of carbonyl (C=O) groups is 1.